The summed E-state index contributed by atoms with van der Waals surface area (Å²) in [4.78, 5) is 38.0. The standard InChI is InChI=1S/C15H21N3O5/c1-9(2)23-15(22)12(4-3-11(19)7-16)18-14(21)13(20)10-5-6-17-8-10/h5-9,12-13,16-17,20H,3-4H2,1-2H3,(H,18,21)/t12-,13+/m0/s1. The van der Waals surface area contributed by atoms with Crippen LogP contribution in [0.25, 0.3) is 0 Å². The van der Waals surface area contributed by atoms with Crippen molar-refractivity contribution in [2.24, 2.45) is 0 Å². The van der Waals surface area contributed by atoms with Crippen LogP contribution in [-0.4, -0.2) is 46.1 Å². The Bertz CT molecular complexity index is 553. The van der Waals surface area contributed by atoms with Gasteiger partial charge in [0.05, 0.1) is 12.3 Å². The molecule has 23 heavy (non-hydrogen) atoms. The number of aliphatic hydroxyl groups excluding tert-OH is 1. The number of rotatable bonds is 9. The number of esters is 1. The van der Waals surface area contributed by atoms with Crippen molar-refractivity contribution in [1.29, 1.82) is 5.41 Å². The van der Waals surface area contributed by atoms with Gasteiger partial charge < -0.3 is 25.6 Å². The highest BCUT2D eigenvalue weighted by atomic mass is 16.5. The van der Waals surface area contributed by atoms with E-state index in [0.717, 1.165) is 0 Å². The largest absolute Gasteiger partial charge is 0.461 e. The molecule has 0 radical (unpaired) electrons. The molecule has 1 aromatic heterocycles. The van der Waals surface area contributed by atoms with Gasteiger partial charge >= 0.3 is 5.97 Å². The zero-order valence-electron chi connectivity index (χ0n) is 13.0. The number of H-pyrrole nitrogens is 1. The highest BCUT2D eigenvalue weighted by molar-refractivity contribution is 6.26. The van der Waals surface area contributed by atoms with Crippen LogP contribution in [-0.2, 0) is 19.1 Å². The van der Waals surface area contributed by atoms with Crippen molar-refractivity contribution in [2.75, 3.05) is 0 Å². The van der Waals surface area contributed by atoms with Crippen LogP contribution in [0.15, 0.2) is 18.5 Å². The molecule has 0 saturated carbocycles. The Kier molecular flexibility index (Phi) is 7.14. The first-order chi connectivity index (χ1) is 10.8. The molecule has 0 unspecified atom stereocenters. The second-order valence-corrected chi connectivity index (χ2v) is 5.24. The first-order valence-electron chi connectivity index (χ1n) is 7.20. The molecule has 8 heteroatoms. The van der Waals surface area contributed by atoms with E-state index in [0.29, 0.717) is 11.8 Å². The topological polar surface area (TPSA) is 132 Å². The molecule has 0 aliphatic carbocycles. The summed E-state index contributed by atoms with van der Waals surface area (Å²) in [6, 6.07) is 0.465. The number of carbonyl (C=O) groups is 3. The Hall–Kier alpha value is -2.48. The molecule has 1 aromatic rings. The molecule has 4 N–H and O–H groups in total. The molecule has 0 aliphatic rings. The monoisotopic (exact) mass is 323 g/mol. The summed E-state index contributed by atoms with van der Waals surface area (Å²) in [5, 5.41) is 19.2. The number of Topliss-reactive ketones (excluding diaryl/α,β-unsaturated/α-hetero) is 1. The maximum absolute atomic E-state index is 12.0. The van der Waals surface area contributed by atoms with Crippen molar-refractivity contribution in [3.05, 3.63) is 24.0 Å². The molecular weight excluding hydrogens is 302 g/mol. The molecule has 0 saturated heterocycles. The number of aromatic amines is 1. The van der Waals surface area contributed by atoms with E-state index >= 15 is 0 Å². The van der Waals surface area contributed by atoms with Crippen LogP contribution in [0.2, 0.25) is 0 Å². The van der Waals surface area contributed by atoms with Crippen LogP contribution in [0.1, 0.15) is 38.4 Å². The van der Waals surface area contributed by atoms with Gasteiger partial charge in [0.25, 0.3) is 5.91 Å². The van der Waals surface area contributed by atoms with Crippen molar-refractivity contribution < 1.29 is 24.2 Å². The SMILES string of the molecule is CC(C)OC(=O)[C@H](CCC(=O)C=N)NC(=O)[C@H](O)c1cc[nH]c1. The van der Waals surface area contributed by atoms with Crippen LogP contribution >= 0.6 is 0 Å². The Morgan fingerprint density at radius 2 is 2.13 bits per heavy atom. The van der Waals surface area contributed by atoms with Gasteiger partial charge in [-0.15, -0.1) is 0 Å². The van der Waals surface area contributed by atoms with E-state index in [4.69, 9.17) is 10.1 Å². The Labute approximate surface area is 133 Å². The summed E-state index contributed by atoms with van der Waals surface area (Å²) in [6.45, 7) is 3.32. The lowest BCUT2D eigenvalue weighted by molar-refractivity contribution is -0.152. The molecule has 0 spiro atoms. The van der Waals surface area contributed by atoms with Crippen molar-refractivity contribution in [3.8, 4) is 0 Å². The summed E-state index contributed by atoms with van der Waals surface area (Å²) in [7, 11) is 0. The summed E-state index contributed by atoms with van der Waals surface area (Å²) < 4.78 is 5.04. The smallest absolute Gasteiger partial charge is 0.328 e. The summed E-state index contributed by atoms with van der Waals surface area (Å²) >= 11 is 0. The highest BCUT2D eigenvalue weighted by Gasteiger charge is 2.27. The van der Waals surface area contributed by atoms with Crippen LogP contribution in [0.4, 0.5) is 0 Å². The van der Waals surface area contributed by atoms with Crippen LogP contribution in [0, 0.1) is 5.41 Å². The number of hydrogen-bond acceptors (Lipinski definition) is 6. The van der Waals surface area contributed by atoms with E-state index in [1.54, 1.807) is 20.0 Å². The molecule has 2 atom stereocenters. The number of aromatic nitrogens is 1. The summed E-state index contributed by atoms with van der Waals surface area (Å²) in [6.07, 6.45) is 1.77. The van der Waals surface area contributed by atoms with Gasteiger partial charge in [-0.3, -0.25) is 9.59 Å². The van der Waals surface area contributed by atoms with E-state index in [9.17, 15) is 19.5 Å². The van der Waals surface area contributed by atoms with Crippen molar-refractivity contribution in [2.45, 2.75) is 44.9 Å². The lowest BCUT2D eigenvalue weighted by Gasteiger charge is -2.20. The van der Waals surface area contributed by atoms with Crippen molar-refractivity contribution >= 4 is 23.9 Å². The van der Waals surface area contributed by atoms with Gasteiger partial charge in [0.1, 0.15) is 6.04 Å². The zero-order valence-corrected chi connectivity index (χ0v) is 13.0. The van der Waals surface area contributed by atoms with Gasteiger partial charge in [-0.25, -0.2) is 4.79 Å². The fraction of sp³-hybridized carbons (Fsp3) is 0.467. The third kappa shape index (κ3) is 6.03. The fourth-order valence-corrected chi connectivity index (χ4v) is 1.83. The quantitative estimate of drug-likeness (QED) is 0.388. The van der Waals surface area contributed by atoms with E-state index in [-0.39, 0.29) is 18.9 Å². The molecule has 0 fully saturated rings. The number of nitrogens with one attached hydrogen (secondary N) is 3. The van der Waals surface area contributed by atoms with Crippen molar-refractivity contribution in [3.63, 3.8) is 0 Å². The zero-order chi connectivity index (χ0) is 17.4. The molecule has 0 aromatic carbocycles. The van der Waals surface area contributed by atoms with Crippen LogP contribution in [0.5, 0.6) is 0 Å². The number of aliphatic hydroxyl groups is 1. The third-order valence-electron chi connectivity index (χ3n) is 2.98. The molecule has 8 nitrogen and oxygen atoms in total. The van der Waals surface area contributed by atoms with Crippen LogP contribution < -0.4 is 5.32 Å². The van der Waals surface area contributed by atoms with E-state index in [1.807, 2.05) is 0 Å². The van der Waals surface area contributed by atoms with E-state index in [2.05, 4.69) is 10.3 Å². The maximum Gasteiger partial charge on any atom is 0.328 e. The molecule has 0 aliphatic heterocycles. The minimum Gasteiger partial charge on any atom is -0.461 e. The molecule has 0 bridgehead atoms. The normalized spacial score (nSPS) is 13.2. The number of hydrogen-bond donors (Lipinski definition) is 4. The number of ketones is 1. The van der Waals surface area contributed by atoms with Gasteiger partial charge in [0.15, 0.2) is 11.9 Å². The third-order valence-corrected chi connectivity index (χ3v) is 2.98. The highest BCUT2D eigenvalue weighted by Crippen LogP contribution is 2.13. The average Bonchev–Trinajstić information content (AvgIpc) is 3.03. The minimum atomic E-state index is -1.44. The Morgan fingerprint density at radius 3 is 2.65 bits per heavy atom. The summed E-state index contributed by atoms with van der Waals surface area (Å²) in [5.41, 5.74) is 0.356. The number of carbonyl (C=O) groups excluding carboxylic acids is 3. The van der Waals surface area contributed by atoms with Gasteiger partial charge in [-0.2, -0.15) is 0 Å². The van der Waals surface area contributed by atoms with Gasteiger partial charge in [-0.1, -0.05) is 0 Å². The van der Waals surface area contributed by atoms with Gasteiger partial charge in [-0.05, 0) is 26.3 Å². The predicted molar refractivity (Wildman–Crippen MR) is 81.9 cm³/mol. The second kappa shape index (κ2) is 8.84. The first-order valence-corrected chi connectivity index (χ1v) is 7.20. The fourth-order valence-electron chi connectivity index (χ4n) is 1.83. The van der Waals surface area contributed by atoms with Crippen molar-refractivity contribution in [1.82, 2.24) is 10.3 Å². The van der Waals surface area contributed by atoms with Gasteiger partial charge in [0, 0.05) is 24.4 Å². The summed E-state index contributed by atoms with van der Waals surface area (Å²) in [5.74, 6) is -1.92. The van der Waals surface area contributed by atoms with Gasteiger partial charge in [0.2, 0.25) is 0 Å². The Morgan fingerprint density at radius 1 is 1.43 bits per heavy atom. The molecular formula is C15H21N3O5. The first kappa shape index (κ1) is 18.6. The predicted octanol–water partition coefficient (Wildman–Crippen LogP) is 0.483. The van der Waals surface area contributed by atoms with E-state index in [1.165, 1.54) is 12.3 Å². The second-order valence-electron chi connectivity index (χ2n) is 5.24. The molecule has 1 rings (SSSR count). The molecule has 1 amide bonds. The minimum absolute atomic E-state index is 0.00857. The van der Waals surface area contributed by atoms with Crippen LogP contribution in [0.3, 0.4) is 0 Å². The number of amides is 1. The number of ether oxygens (including phenoxy) is 1. The lowest BCUT2D eigenvalue weighted by atomic mass is 10.1. The van der Waals surface area contributed by atoms with E-state index < -0.39 is 29.8 Å². The Balaban J connectivity index is 2.74. The average molecular weight is 323 g/mol. The lowest BCUT2D eigenvalue weighted by Crippen LogP contribution is -2.44. The molecule has 1 heterocycles. The maximum atomic E-state index is 12.0. The molecule has 126 valence electrons.